The number of rotatable bonds is 4. The fourth-order valence-corrected chi connectivity index (χ4v) is 2.51. The summed E-state index contributed by atoms with van der Waals surface area (Å²) in [4.78, 5) is 8.64. The van der Waals surface area contributed by atoms with Crippen LogP contribution in [0.1, 0.15) is 5.56 Å². The normalized spacial score (nSPS) is 10.6. The first kappa shape index (κ1) is 15.4. The number of aryl methyl sites for hydroxylation is 1. The van der Waals surface area contributed by atoms with E-state index in [0.717, 1.165) is 22.2 Å². The van der Waals surface area contributed by atoms with Crippen LogP contribution in [0.3, 0.4) is 0 Å². The standard InChI is InChI=1S/C17H16ClN3O2/c1-10-4-5-11(18)6-13(10)21-17-12-7-15(22-2)16(23-3)8-14(12)19-9-20-17/h4-9H,1-3H3,(H,19,20,21). The minimum absolute atomic E-state index is 0.626. The minimum atomic E-state index is 0.626. The summed E-state index contributed by atoms with van der Waals surface area (Å²) in [6, 6.07) is 9.36. The molecule has 3 rings (SSSR count). The summed E-state index contributed by atoms with van der Waals surface area (Å²) in [5, 5.41) is 4.81. The van der Waals surface area contributed by atoms with E-state index >= 15 is 0 Å². The lowest BCUT2D eigenvalue weighted by molar-refractivity contribution is 0.356. The van der Waals surface area contributed by atoms with Crippen LogP contribution in [0.25, 0.3) is 10.9 Å². The van der Waals surface area contributed by atoms with Crippen LogP contribution in [-0.4, -0.2) is 24.2 Å². The number of aromatic nitrogens is 2. The first-order chi connectivity index (χ1) is 11.1. The van der Waals surface area contributed by atoms with Crippen molar-refractivity contribution in [2.24, 2.45) is 0 Å². The summed E-state index contributed by atoms with van der Waals surface area (Å²) in [6.45, 7) is 2.01. The summed E-state index contributed by atoms with van der Waals surface area (Å²) >= 11 is 6.08. The van der Waals surface area contributed by atoms with Crippen LogP contribution in [-0.2, 0) is 0 Å². The third-order valence-electron chi connectivity index (χ3n) is 3.59. The van der Waals surface area contributed by atoms with E-state index < -0.39 is 0 Å². The van der Waals surface area contributed by atoms with Gasteiger partial charge in [-0.05, 0) is 30.7 Å². The smallest absolute Gasteiger partial charge is 0.162 e. The molecule has 23 heavy (non-hydrogen) atoms. The Morgan fingerprint density at radius 3 is 2.48 bits per heavy atom. The summed E-state index contributed by atoms with van der Waals surface area (Å²) in [7, 11) is 3.20. The zero-order valence-electron chi connectivity index (χ0n) is 13.1. The van der Waals surface area contributed by atoms with E-state index in [0.29, 0.717) is 22.3 Å². The van der Waals surface area contributed by atoms with Crippen molar-refractivity contribution in [3.05, 3.63) is 47.2 Å². The number of nitrogens with zero attached hydrogens (tertiary/aromatic N) is 2. The molecule has 0 amide bonds. The van der Waals surface area contributed by atoms with Gasteiger partial charge in [-0.15, -0.1) is 0 Å². The van der Waals surface area contributed by atoms with Crippen molar-refractivity contribution in [3.63, 3.8) is 0 Å². The largest absolute Gasteiger partial charge is 0.493 e. The predicted octanol–water partition coefficient (Wildman–Crippen LogP) is 4.35. The zero-order valence-corrected chi connectivity index (χ0v) is 13.8. The summed E-state index contributed by atoms with van der Waals surface area (Å²) in [6.07, 6.45) is 1.51. The number of halogens is 1. The molecule has 0 aliphatic heterocycles. The average molecular weight is 330 g/mol. The maximum absolute atomic E-state index is 6.08. The van der Waals surface area contributed by atoms with Gasteiger partial charge in [-0.3, -0.25) is 0 Å². The topological polar surface area (TPSA) is 56.3 Å². The molecule has 118 valence electrons. The fourth-order valence-electron chi connectivity index (χ4n) is 2.34. The number of fused-ring (bicyclic) bond motifs is 1. The van der Waals surface area contributed by atoms with E-state index in [2.05, 4.69) is 15.3 Å². The number of benzene rings is 2. The zero-order chi connectivity index (χ0) is 16.4. The number of ether oxygens (including phenoxy) is 2. The molecule has 0 bridgehead atoms. The Hall–Kier alpha value is -2.53. The molecular weight excluding hydrogens is 314 g/mol. The maximum Gasteiger partial charge on any atom is 0.162 e. The lowest BCUT2D eigenvalue weighted by atomic mass is 10.1. The lowest BCUT2D eigenvalue weighted by Gasteiger charge is -2.13. The highest BCUT2D eigenvalue weighted by Gasteiger charge is 2.11. The summed E-state index contributed by atoms with van der Waals surface area (Å²) < 4.78 is 10.7. The maximum atomic E-state index is 6.08. The van der Waals surface area contributed by atoms with Gasteiger partial charge in [0.05, 0.1) is 19.7 Å². The highest BCUT2D eigenvalue weighted by atomic mass is 35.5. The fraction of sp³-hybridized carbons (Fsp3) is 0.176. The Bertz CT molecular complexity index is 868. The SMILES string of the molecule is COc1cc2ncnc(Nc3cc(Cl)ccc3C)c2cc1OC. The van der Waals surface area contributed by atoms with Crippen LogP contribution in [0, 0.1) is 6.92 Å². The van der Waals surface area contributed by atoms with Gasteiger partial charge < -0.3 is 14.8 Å². The second-order valence-corrected chi connectivity index (χ2v) is 5.47. The van der Waals surface area contributed by atoms with Gasteiger partial charge in [0, 0.05) is 22.2 Å². The van der Waals surface area contributed by atoms with E-state index in [1.807, 2.05) is 37.3 Å². The molecule has 1 N–H and O–H groups in total. The van der Waals surface area contributed by atoms with E-state index in [1.165, 1.54) is 6.33 Å². The molecule has 0 radical (unpaired) electrons. The van der Waals surface area contributed by atoms with Crippen molar-refractivity contribution in [1.29, 1.82) is 0 Å². The van der Waals surface area contributed by atoms with Crippen molar-refractivity contribution >= 4 is 34.0 Å². The van der Waals surface area contributed by atoms with Crippen LogP contribution >= 0.6 is 11.6 Å². The van der Waals surface area contributed by atoms with Gasteiger partial charge in [0.15, 0.2) is 11.5 Å². The van der Waals surface area contributed by atoms with Crippen LogP contribution in [0.15, 0.2) is 36.7 Å². The van der Waals surface area contributed by atoms with Gasteiger partial charge >= 0.3 is 0 Å². The highest BCUT2D eigenvalue weighted by molar-refractivity contribution is 6.30. The number of nitrogens with one attached hydrogen (secondary N) is 1. The third-order valence-corrected chi connectivity index (χ3v) is 3.83. The second kappa shape index (κ2) is 6.30. The van der Waals surface area contributed by atoms with E-state index in [1.54, 1.807) is 14.2 Å². The lowest BCUT2D eigenvalue weighted by Crippen LogP contribution is -1.99. The molecule has 0 aliphatic rings. The van der Waals surface area contributed by atoms with Gasteiger partial charge in [-0.25, -0.2) is 9.97 Å². The molecule has 0 aliphatic carbocycles. The van der Waals surface area contributed by atoms with Crippen molar-refractivity contribution in [3.8, 4) is 11.5 Å². The Kier molecular flexibility index (Phi) is 4.21. The van der Waals surface area contributed by atoms with E-state index in [4.69, 9.17) is 21.1 Å². The van der Waals surface area contributed by atoms with Crippen molar-refractivity contribution in [2.45, 2.75) is 6.92 Å². The molecule has 0 saturated carbocycles. The molecule has 0 fully saturated rings. The van der Waals surface area contributed by atoms with Gasteiger partial charge in [-0.2, -0.15) is 0 Å². The molecular formula is C17H16ClN3O2. The monoisotopic (exact) mass is 329 g/mol. The van der Waals surface area contributed by atoms with E-state index in [-0.39, 0.29) is 0 Å². The van der Waals surface area contributed by atoms with Gasteiger partial charge in [0.25, 0.3) is 0 Å². The van der Waals surface area contributed by atoms with Gasteiger partial charge in [0.1, 0.15) is 12.1 Å². The summed E-state index contributed by atoms with van der Waals surface area (Å²) in [5.41, 5.74) is 2.73. The van der Waals surface area contributed by atoms with Crippen molar-refractivity contribution in [1.82, 2.24) is 9.97 Å². The van der Waals surface area contributed by atoms with E-state index in [9.17, 15) is 0 Å². The molecule has 1 aromatic heterocycles. The highest BCUT2D eigenvalue weighted by Crippen LogP contribution is 2.35. The molecule has 3 aromatic rings. The second-order valence-electron chi connectivity index (χ2n) is 5.03. The molecule has 0 saturated heterocycles. The average Bonchev–Trinajstić information content (AvgIpc) is 2.57. The molecule has 2 aromatic carbocycles. The molecule has 0 unspecified atom stereocenters. The van der Waals surface area contributed by atoms with Crippen LogP contribution in [0.5, 0.6) is 11.5 Å². The van der Waals surface area contributed by atoms with Gasteiger partial charge in [-0.1, -0.05) is 17.7 Å². The Morgan fingerprint density at radius 1 is 1.00 bits per heavy atom. The first-order valence-electron chi connectivity index (χ1n) is 7.02. The molecule has 0 spiro atoms. The van der Waals surface area contributed by atoms with Crippen LogP contribution in [0.4, 0.5) is 11.5 Å². The Balaban J connectivity index is 2.12. The van der Waals surface area contributed by atoms with Crippen molar-refractivity contribution < 1.29 is 9.47 Å². The number of anilines is 2. The quantitative estimate of drug-likeness (QED) is 0.771. The van der Waals surface area contributed by atoms with Crippen molar-refractivity contribution in [2.75, 3.05) is 19.5 Å². The Morgan fingerprint density at radius 2 is 1.74 bits per heavy atom. The molecule has 1 heterocycles. The number of hydrogen-bond donors (Lipinski definition) is 1. The minimum Gasteiger partial charge on any atom is -0.493 e. The predicted molar refractivity (Wildman–Crippen MR) is 92.1 cm³/mol. The number of methoxy groups -OCH3 is 2. The van der Waals surface area contributed by atoms with Gasteiger partial charge in [0.2, 0.25) is 0 Å². The summed E-state index contributed by atoms with van der Waals surface area (Å²) in [5.74, 6) is 1.94. The number of hydrogen-bond acceptors (Lipinski definition) is 5. The molecule has 0 atom stereocenters. The first-order valence-corrected chi connectivity index (χ1v) is 7.40. The van der Waals surface area contributed by atoms with Crippen LogP contribution in [0.2, 0.25) is 5.02 Å². The van der Waals surface area contributed by atoms with Crippen LogP contribution < -0.4 is 14.8 Å². The molecule has 6 heteroatoms. The third kappa shape index (κ3) is 3.00. The Labute approximate surface area is 139 Å². The molecule has 5 nitrogen and oxygen atoms in total.